The smallest absolute Gasteiger partial charge is 0.341 e. The molecule has 3 rings (SSSR count). The van der Waals surface area contributed by atoms with Gasteiger partial charge in [-0.15, -0.1) is 11.3 Å². The van der Waals surface area contributed by atoms with Crippen molar-refractivity contribution in [3.8, 4) is 0 Å². The third-order valence-electron chi connectivity index (χ3n) is 4.72. The number of hydrogen-bond acceptors (Lipinski definition) is 5. The first-order valence-corrected chi connectivity index (χ1v) is 9.15. The zero-order chi connectivity index (χ0) is 16.4. The molecule has 0 radical (unpaired) electrons. The SMILES string of the molecule is COC(=O)c1c(NC(=O)CN2CCCC2)sc2c1CC[C@H](C)C2. The molecule has 1 saturated heterocycles. The lowest BCUT2D eigenvalue weighted by Gasteiger charge is -2.18. The van der Waals surface area contributed by atoms with Crippen molar-refractivity contribution in [1.82, 2.24) is 4.90 Å². The summed E-state index contributed by atoms with van der Waals surface area (Å²) in [7, 11) is 1.40. The zero-order valence-electron chi connectivity index (χ0n) is 13.8. The molecule has 6 heteroatoms. The van der Waals surface area contributed by atoms with Gasteiger partial charge in [-0.1, -0.05) is 6.92 Å². The highest BCUT2D eigenvalue weighted by Gasteiger charge is 2.29. The summed E-state index contributed by atoms with van der Waals surface area (Å²) >= 11 is 1.54. The molecule has 2 heterocycles. The van der Waals surface area contributed by atoms with E-state index in [1.165, 1.54) is 12.0 Å². The Morgan fingerprint density at radius 3 is 2.78 bits per heavy atom. The number of thiophene rings is 1. The fraction of sp³-hybridized carbons (Fsp3) is 0.647. The maximum absolute atomic E-state index is 12.3. The van der Waals surface area contributed by atoms with Crippen molar-refractivity contribution in [3.05, 3.63) is 16.0 Å². The molecule has 1 aliphatic carbocycles. The Hall–Kier alpha value is -1.40. The van der Waals surface area contributed by atoms with Gasteiger partial charge in [0, 0.05) is 4.88 Å². The van der Waals surface area contributed by atoms with E-state index >= 15 is 0 Å². The summed E-state index contributed by atoms with van der Waals surface area (Å²) in [5, 5.41) is 3.63. The molecule has 0 spiro atoms. The van der Waals surface area contributed by atoms with Gasteiger partial charge in [0.05, 0.1) is 19.2 Å². The molecular formula is C17H24N2O3S. The van der Waals surface area contributed by atoms with Gasteiger partial charge in [0.15, 0.2) is 0 Å². The average Bonchev–Trinajstić information content (AvgIpc) is 3.13. The maximum atomic E-state index is 12.3. The van der Waals surface area contributed by atoms with E-state index in [0.29, 0.717) is 23.0 Å². The average molecular weight is 336 g/mol. The van der Waals surface area contributed by atoms with E-state index in [0.717, 1.165) is 50.8 Å². The summed E-state index contributed by atoms with van der Waals surface area (Å²) in [5.41, 5.74) is 1.66. The third-order valence-corrected chi connectivity index (χ3v) is 5.89. The highest BCUT2D eigenvalue weighted by atomic mass is 32.1. The van der Waals surface area contributed by atoms with Crippen molar-refractivity contribution in [3.63, 3.8) is 0 Å². The van der Waals surface area contributed by atoms with Crippen molar-refractivity contribution in [2.45, 2.75) is 39.0 Å². The van der Waals surface area contributed by atoms with Gasteiger partial charge in [0.2, 0.25) is 5.91 Å². The molecule has 0 saturated carbocycles. The molecule has 1 amide bonds. The Morgan fingerprint density at radius 1 is 1.35 bits per heavy atom. The lowest BCUT2D eigenvalue weighted by Crippen LogP contribution is -2.31. The van der Waals surface area contributed by atoms with E-state index in [2.05, 4.69) is 17.1 Å². The Bertz CT molecular complexity index is 605. The molecule has 0 aromatic carbocycles. The van der Waals surface area contributed by atoms with Crippen LogP contribution in [0.4, 0.5) is 5.00 Å². The second kappa shape index (κ2) is 7.01. The molecule has 2 aliphatic rings. The molecule has 1 fully saturated rings. The number of hydrogen-bond donors (Lipinski definition) is 1. The summed E-state index contributed by atoms with van der Waals surface area (Å²) < 4.78 is 4.95. The highest BCUT2D eigenvalue weighted by molar-refractivity contribution is 7.17. The summed E-state index contributed by atoms with van der Waals surface area (Å²) in [4.78, 5) is 27.9. The van der Waals surface area contributed by atoms with Gasteiger partial charge in [0.1, 0.15) is 5.00 Å². The lowest BCUT2D eigenvalue weighted by atomic mass is 9.88. The predicted molar refractivity (Wildman–Crippen MR) is 91.2 cm³/mol. The number of fused-ring (bicyclic) bond motifs is 1. The standard InChI is InChI=1S/C17H24N2O3S/c1-11-5-6-12-13(9-11)23-16(15(12)17(21)22-2)18-14(20)10-19-7-3-4-8-19/h11H,3-10H2,1-2H3,(H,18,20)/t11-/m0/s1. The molecule has 23 heavy (non-hydrogen) atoms. The van der Waals surface area contributed by atoms with Crippen molar-refractivity contribution in [2.24, 2.45) is 5.92 Å². The fourth-order valence-corrected chi connectivity index (χ4v) is 4.88. The molecule has 0 unspecified atom stereocenters. The fourth-order valence-electron chi connectivity index (χ4n) is 3.47. The van der Waals surface area contributed by atoms with Crippen LogP contribution in [0.1, 0.15) is 47.0 Å². The summed E-state index contributed by atoms with van der Waals surface area (Å²) in [6.07, 6.45) is 5.26. The van der Waals surface area contributed by atoms with Crippen LogP contribution in [0.15, 0.2) is 0 Å². The van der Waals surface area contributed by atoms with E-state index in [1.54, 1.807) is 11.3 Å². The molecular weight excluding hydrogens is 312 g/mol. The number of carbonyl (C=O) groups excluding carboxylic acids is 2. The van der Waals surface area contributed by atoms with Gasteiger partial charge in [-0.2, -0.15) is 0 Å². The Balaban J connectivity index is 1.80. The molecule has 1 N–H and O–H groups in total. The van der Waals surface area contributed by atoms with Gasteiger partial charge in [0.25, 0.3) is 0 Å². The van der Waals surface area contributed by atoms with Crippen LogP contribution in [-0.2, 0) is 22.4 Å². The number of nitrogens with zero attached hydrogens (tertiary/aromatic N) is 1. The van der Waals surface area contributed by atoms with E-state index in [4.69, 9.17) is 4.74 Å². The number of carbonyl (C=O) groups is 2. The number of likely N-dealkylation sites (tertiary alicyclic amines) is 1. The topological polar surface area (TPSA) is 58.6 Å². The van der Waals surface area contributed by atoms with Gasteiger partial charge in [-0.05, 0) is 56.7 Å². The first kappa shape index (κ1) is 16.5. The Labute approximate surface area is 141 Å². The van der Waals surface area contributed by atoms with Crippen molar-refractivity contribution >= 4 is 28.2 Å². The number of rotatable bonds is 4. The van der Waals surface area contributed by atoms with Crippen LogP contribution < -0.4 is 5.32 Å². The third kappa shape index (κ3) is 3.58. The number of anilines is 1. The van der Waals surface area contributed by atoms with Crippen LogP contribution in [0.2, 0.25) is 0 Å². The molecule has 1 aromatic heterocycles. The van der Waals surface area contributed by atoms with Gasteiger partial charge in [-0.3, -0.25) is 9.69 Å². The normalized spacial score (nSPS) is 21.0. The first-order valence-electron chi connectivity index (χ1n) is 8.33. The molecule has 5 nitrogen and oxygen atoms in total. The number of methoxy groups -OCH3 is 1. The number of nitrogens with one attached hydrogen (secondary N) is 1. The Morgan fingerprint density at radius 2 is 2.09 bits per heavy atom. The zero-order valence-corrected chi connectivity index (χ0v) is 14.6. The van der Waals surface area contributed by atoms with Gasteiger partial charge in [-0.25, -0.2) is 4.79 Å². The number of amides is 1. The number of ether oxygens (including phenoxy) is 1. The second-order valence-electron chi connectivity index (χ2n) is 6.58. The summed E-state index contributed by atoms with van der Waals surface area (Å²) in [5.74, 6) is 0.247. The van der Waals surface area contributed by atoms with Crippen molar-refractivity contribution < 1.29 is 14.3 Å². The van der Waals surface area contributed by atoms with Crippen LogP contribution in [0.3, 0.4) is 0 Å². The minimum Gasteiger partial charge on any atom is -0.465 e. The van der Waals surface area contributed by atoms with E-state index in [1.807, 2.05) is 0 Å². The summed E-state index contributed by atoms with van der Waals surface area (Å²) in [6.45, 7) is 4.59. The van der Waals surface area contributed by atoms with Crippen LogP contribution in [-0.4, -0.2) is 43.5 Å². The maximum Gasteiger partial charge on any atom is 0.341 e. The van der Waals surface area contributed by atoms with E-state index < -0.39 is 0 Å². The molecule has 1 aromatic rings. The molecule has 0 bridgehead atoms. The van der Waals surface area contributed by atoms with Gasteiger partial charge >= 0.3 is 5.97 Å². The van der Waals surface area contributed by atoms with Gasteiger partial charge < -0.3 is 10.1 Å². The van der Waals surface area contributed by atoms with Crippen LogP contribution in [0, 0.1) is 5.92 Å². The minimum absolute atomic E-state index is 0.0382. The molecule has 1 atom stereocenters. The van der Waals surface area contributed by atoms with E-state index in [9.17, 15) is 9.59 Å². The second-order valence-corrected chi connectivity index (χ2v) is 7.68. The van der Waals surface area contributed by atoms with Crippen molar-refractivity contribution in [2.75, 3.05) is 32.1 Å². The van der Waals surface area contributed by atoms with Crippen molar-refractivity contribution in [1.29, 1.82) is 0 Å². The largest absolute Gasteiger partial charge is 0.465 e. The van der Waals surface area contributed by atoms with Crippen LogP contribution in [0.5, 0.6) is 0 Å². The highest BCUT2D eigenvalue weighted by Crippen LogP contribution is 2.40. The molecule has 126 valence electrons. The van der Waals surface area contributed by atoms with Crippen LogP contribution in [0.25, 0.3) is 0 Å². The number of esters is 1. The summed E-state index contributed by atoms with van der Waals surface area (Å²) in [6, 6.07) is 0. The quantitative estimate of drug-likeness (QED) is 0.859. The van der Waals surface area contributed by atoms with E-state index in [-0.39, 0.29) is 11.9 Å². The molecule has 1 aliphatic heterocycles. The van der Waals surface area contributed by atoms with Crippen LogP contribution >= 0.6 is 11.3 Å². The Kier molecular flexibility index (Phi) is 5.02. The first-order chi connectivity index (χ1) is 11.1. The monoisotopic (exact) mass is 336 g/mol. The minimum atomic E-state index is -0.339. The lowest BCUT2D eigenvalue weighted by molar-refractivity contribution is -0.117. The predicted octanol–water partition coefficient (Wildman–Crippen LogP) is 2.69.